The summed E-state index contributed by atoms with van der Waals surface area (Å²) in [5.41, 5.74) is 2.32. The van der Waals surface area contributed by atoms with Crippen LogP contribution in [0.1, 0.15) is 18.9 Å². The Morgan fingerprint density at radius 2 is 2.07 bits per heavy atom. The average Bonchev–Trinajstić information content (AvgIpc) is 2.60. The van der Waals surface area contributed by atoms with Crippen LogP contribution in [0.15, 0.2) is 24.3 Å². The summed E-state index contributed by atoms with van der Waals surface area (Å²) in [6.07, 6.45) is 1.93. The number of hydrogen-bond donors (Lipinski definition) is 0. The standard InChI is InChI=1S/C12H14BrNO/c1-2-9-3-5-10(6-4-9)14-8-7-11(13)12(14)15/h3-6,11H,2,7-8H2,1H3. The lowest BCUT2D eigenvalue weighted by Gasteiger charge is -2.16. The van der Waals surface area contributed by atoms with Crippen molar-refractivity contribution in [3.8, 4) is 0 Å². The predicted molar refractivity (Wildman–Crippen MR) is 65.5 cm³/mol. The Labute approximate surface area is 98.4 Å². The van der Waals surface area contributed by atoms with Crippen LogP contribution in [-0.2, 0) is 11.2 Å². The zero-order valence-electron chi connectivity index (χ0n) is 8.74. The van der Waals surface area contributed by atoms with Crippen LogP contribution in [0, 0.1) is 0 Å². The first kappa shape index (κ1) is 10.7. The molecule has 1 atom stereocenters. The average molecular weight is 268 g/mol. The number of anilines is 1. The van der Waals surface area contributed by atoms with Gasteiger partial charge in [0.15, 0.2) is 0 Å². The molecule has 2 nitrogen and oxygen atoms in total. The van der Waals surface area contributed by atoms with Gasteiger partial charge in [0.1, 0.15) is 0 Å². The minimum absolute atomic E-state index is 0.00310. The maximum absolute atomic E-state index is 11.7. The van der Waals surface area contributed by atoms with Crippen LogP contribution in [0.3, 0.4) is 0 Å². The maximum Gasteiger partial charge on any atom is 0.240 e. The third-order valence-corrected chi connectivity index (χ3v) is 3.65. The van der Waals surface area contributed by atoms with Gasteiger partial charge in [0.05, 0.1) is 4.83 Å². The first-order chi connectivity index (χ1) is 7.22. The maximum atomic E-state index is 11.7. The third-order valence-electron chi connectivity index (χ3n) is 2.80. The molecule has 1 heterocycles. The second-order valence-electron chi connectivity index (χ2n) is 3.77. The molecule has 1 aromatic rings. The number of hydrogen-bond acceptors (Lipinski definition) is 1. The Hall–Kier alpha value is -0.830. The molecule has 0 aromatic heterocycles. The van der Waals surface area contributed by atoms with Crippen molar-refractivity contribution < 1.29 is 4.79 Å². The van der Waals surface area contributed by atoms with E-state index < -0.39 is 0 Å². The van der Waals surface area contributed by atoms with Crippen molar-refractivity contribution in [1.82, 2.24) is 0 Å². The summed E-state index contributed by atoms with van der Waals surface area (Å²) in [5, 5.41) is 0. The molecule has 1 unspecified atom stereocenters. The van der Waals surface area contributed by atoms with Crippen molar-refractivity contribution in [1.29, 1.82) is 0 Å². The lowest BCUT2D eigenvalue weighted by atomic mass is 10.1. The number of rotatable bonds is 2. The molecule has 1 aliphatic rings. The van der Waals surface area contributed by atoms with Crippen molar-refractivity contribution in [3.63, 3.8) is 0 Å². The second kappa shape index (κ2) is 4.35. The lowest BCUT2D eigenvalue weighted by Crippen LogP contribution is -2.26. The van der Waals surface area contributed by atoms with Crippen molar-refractivity contribution in [2.75, 3.05) is 11.4 Å². The molecule has 1 saturated heterocycles. The van der Waals surface area contributed by atoms with Gasteiger partial charge in [-0.15, -0.1) is 0 Å². The monoisotopic (exact) mass is 267 g/mol. The van der Waals surface area contributed by atoms with Gasteiger partial charge < -0.3 is 4.90 Å². The fourth-order valence-electron chi connectivity index (χ4n) is 1.81. The number of benzene rings is 1. The lowest BCUT2D eigenvalue weighted by molar-refractivity contribution is -0.116. The second-order valence-corrected chi connectivity index (χ2v) is 4.87. The number of amides is 1. The highest BCUT2D eigenvalue weighted by Gasteiger charge is 2.30. The van der Waals surface area contributed by atoms with Crippen LogP contribution in [0.4, 0.5) is 5.69 Å². The van der Waals surface area contributed by atoms with E-state index in [-0.39, 0.29) is 10.7 Å². The van der Waals surface area contributed by atoms with Gasteiger partial charge in [0.25, 0.3) is 0 Å². The van der Waals surface area contributed by atoms with Gasteiger partial charge in [-0.3, -0.25) is 4.79 Å². The Morgan fingerprint density at radius 1 is 1.40 bits per heavy atom. The highest BCUT2D eigenvalue weighted by molar-refractivity contribution is 9.10. The van der Waals surface area contributed by atoms with E-state index >= 15 is 0 Å². The van der Waals surface area contributed by atoms with Crippen LogP contribution in [0.2, 0.25) is 0 Å². The van der Waals surface area contributed by atoms with Gasteiger partial charge in [0, 0.05) is 12.2 Å². The van der Waals surface area contributed by atoms with Gasteiger partial charge in [-0.05, 0) is 30.5 Å². The molecule has 1 aromatic carbocycles. The van der Waals surface area contributed by atoms with E-state index in [0.717, 1.165) is 25.1 Å². The number of aryl methyl sites for hydroxylation is 1. The first-order valence-corrected chi connectivity index (χ1v) is 6.18. The number of nitrogens with zero attached hydrogens (tertiary/aromatic N) is 1. The zero-order valence-corrected chi connectivity index (χ0v) is 10.3. The quantitative estimate of drug-likeness (QED) is 0.755. The van der Waals surface area contributed by atoms with Crippen LogP contribution < -0.4 is 4.90 Å². The van der Waals surface area contributed by atoms with E-state index in [1.807, 2.05) is 17.0 Å². The van der Waals surface area contributed by atoms with E-state index in [1.54, 1.807) is 0 Å². The molecular formula is C12H14BrNO. The van der Waals surface area contributed by atoms with Crippen LogP contribution in [0.25, 0.3) is 0 Å². The molecule has 0 bridgehead atoms. The molecular weight excluding hydrogens is 254 g/mol. The van der Waals surface area contributed by atoms with E-state index in [4.69, 9.17) is 0 Å². The number of halogens is 1. The van der Waals surface area contributed by atoms with Crippen LogP contribution in [-0.4, -0.2) is 17.3 Å². The molecule has 1 fully saturated rings. The van der Waals surface area contributed by atoms with Crippen LogP contribution in [0.5, 0.6) is 0 Å². The topological polar surface area (TPSA) is 20.3 Å². The summed E-state index contributed by atoms with van der Waals surface area (Å²) >= 11 is 3.38. The molecule has 80 valence electrons. The van der Waals surface area contributed by atoms with Crippen molar-refractivity contribution in [3.05, 3.63) is 29.8 Å². The van der Waals surface area contributed by atoms with Gasteiger partial charge in [-0.25, -0.2) is 0 Å². The Morgan fingerprint density at radius 3 is 2.53 bits per heavy atom. The van der Waals surface area contributed by atoms with Crippen molar-refractivity contribution in [2.24, 2.45) is 0 Å². The SMILES string of the molecule is CCc1ccc(N2CCC(Br)C2=O)cc1. The minimum atomic E-state index is 0.00310. The fraction of sp³-hybridized carbons (Fsp3) is 0.417. The molecule has 0 saturated carbocycles. The Bertz CT molecular complexity index is 360. The summed E-state index contributed by atoms with van der Waals surface area (Å²) in [6, 6.07) is 8.23. The minimum Gasteiger partial charge on any atom is -0.311 e. The van der Waals surface area contributed by atoms with E-state index in [2.05, 4.69) is 35.0 Å². The molecule has 1 aliphatic heterocycles. The molecule has 0 N–H and O–H groups in total. The Kier molecular flexibility index (Phi) is 3.10. The molecule has 0 spiro atoms. The Balaban J connectivity index is 2.19. The highest BCUT2D eigenvalue weighted by Crippen LogP contribution is 2.25. The first-order valence-electron chi connectivity index (χ1n) is 5.26. The summed E-state index contributed by atoms with van der Waals surface area (Å²) in [7, 11) is 0. The highest BCUT2D eigenvalue weighted by atomic mass is 79.9. The zero-order chi connectivity index (χ0) is 10.8. The number of alkyl halides is 1. The molecule has 0 aliphatic carbocycles. The molecule has 15 heavy (non-hydrogen) atoms. The van der Waals surface area contributed by atoms with E-state index in [0.29, 0.717) is 0 Å². The van der Waals surface area contributed by atoms with E-state index in [9.17, 15) is 4.79 Å². The van der Waals surface area contributed by atoms with Gasteiger partial charge in [0.2, 0.25) is 5.91 Å². The van der Waals surface area contributed by atoms with Crippen molar-refractivity contribution >= 4 is 27.5 Å². The van der Waals surface area contributed by atoms with Gasteiger partial charge in [-0.2, -0.15) is 0 Å². The third kappa shape index (κ3) is 2.07. The van der Waals surface area contributed by atoms with Gasteiger partial charge in [-0.1, -0.05) is 35.0 Å². The molecule has 1 amide bonds. The van der Waals surface area contributed by atoms with Crippen molar-refractivity contribution in [2.45, 2.75) is 24.6 Å². The molecule has 0 radical (unpaired) electrons. The number of carbonyl (C=O) groups is 1. The van der Waals surface area contributed by atoms with Gasteiger partial charge >= 0.3 is 0 Å². The summed E-state index contributed by atoms with van der Waals surface area (Å²) < 4.78 is 0. The fourth-order valence-corrected chi connectivity index (χ4v) is 2.27. The largest absolute Gasteiger partial charge is 0.311 e. The normalized spacial score (nSPS) is 21.1. The molecule has 3 heteroatoms. The molecule has 2 rings (SSSR count). The number of carbonyl (C=O) groups excluding carboxylic acids is 1. The summed E-state index contributed by atoms with van der Waals surface area (Å²) in [6.45, 7) is 2.95. The van der Waals surface area contributed by atoms with E-state index in [1.165, 1.54) is 5.56 Å². The predicted octanol–water partition coefficient (Wildman–Crippen LogP) is 2.75. The summed E-state index contributed by atoms with van der Waals surface area (Å²) in [4.78, 5) is 13.6. The summed E-state index contributed by atoms with van der Waals surface area (Å²) in [5.74, 6) is 0.180. The van der Waals surface area contributed by atoms with Crippen LogP contribution >= 0.6 is 15.9 Å². The smallest absolute Gasteiger partial charge is 0.240 e.